The molecule has 0 spiro atoms. The lowest BCUT2D eigenvalue weighted by Gasteiger charge is -2.09. The molecule has 0 unspecified atom stereocenters. The van der Waals surface area contributed by atoms with E-state index in [9.17, 15) is 0 Å². The van der Waals surface area contributed by atoms with E-state index < -0.39 is 0 Å². The van der Waals surface area contributed by atoms with Gasteiger partial charge in [0.15, 0.2) is 0 Å². The molecule has 0 N–H and O–H groups in total. The molecule has 0 heterocycles. The second kappa shape index (κ2) is 3.94. The van der Waals surface area contributed by atoms with Gasteiger partial charge in [-0.05, 0) is 22.9 Å². The first-order valence-corrected chi connectivity index (χ1v) is 5.83. The lowest BCUT2D eigenvalue weighted by molar-refractivity contribution is 0.420. The topological polar surface area (TPSA) is 9.23 Å². The molecule has 0 aliphatic rings. The number of halogens is 1. The van der Waals surface area contributed by atoms with Crippen molar-refractivity contribution < 1.29 is 4.74 Å². The zero-order valence-corrected chi connectivity index (χ0v) is 10.2. The molecule has 0 radical (unpaired) electrons. The van der Waals surface area contributed by atoms with Crippen LogP contribution in [0.2, 0.25) is 5.02 Å². The number of methoxy groups -OCH3 is 1. The summed E-state index contributed by atoms with van der Waals surface area (Å²) in [6, 6.07) is 16.1. The van der Waals surface area contributed by atoms with E-state index in [0.717, 1.165) is 26.9 Å². The Hall–Kier alpha value is -1.73. The number of hydrogen-bond donors (Lipinski definition) is 0. The first-order chi connectivity index (χ1) is 8.31. The molecule has 0 bridgehead atoms. The Morgan fingerprint density at radius 1 is 0.882 bits per heavy atom. The quantitative estimate of drug-likeness (QED) is 0.564. The summed E-state index contributed by atoms with van der Waals surface area (Å²) >= 11 is 6.21. The first-order valence-electron chi connectivity index (χ1n) is 5.45. The van der Waals surface area contributed by atoms with Crippen molar-refractivity contribution in [2.24, 2.45) is 0 Å². The van der Waals surface area contributed by atoms with Gasteiger partial charge in [0.1, 0.15) is 5.75 Å². The number of fused-ring (bicyclic) bond motifs is 3. The Morgan fingerprint density at radius 2 is 1.71 bits per heavy atom. The smallest absolute Gasteiger partial charge is 0.127 e. The third-order valence-electron chi connectivity index (χ3n) is 3.03. The van der Waals surface area contributed by atoms with Crippen LogP contribution in [0.1, 0.15) is 0 Å². The Labute approximate surface area is 105 Å². The Kier molecular flexibility index (Phi) is 2.41. The van der Waals surface area contributed by atoms with E-state index in [1.807, 2.05) is 24.3 Å². The number of rotatable bonds is 1. The molecule has 0 amide bonds. The van der Waals surface area contributed by atoms with Crippen LogP contribution in [0.5, 0.6) is 5.75 Å². The van der Waals surface area contributed by atoms with E-state index in [2.05, 4.69) is 24.3 Å². The zero-order chi connectivity index (χ0) is 11.8. The van der Waals surface area contributed by atoms with Gasteiger partial charge >= 0.3 is 0 Å². The number of hydrogen-bond acceptors (Lipinski definition) is 1. The van der Waals surface area contributed by atoms with Gasteiger partial charge in [-0.15, -0.1) is 0 Å². The lowest BCUT2D eigenvalue weighted by Crippen LogP contribution is -1.86. The van der Waals surface area contributed by atoms with Crippen molar-refractivity contribution in [2.45, 2.75) is 0 Å². The summed E-state index contributed by atoms with van der Waals surface area (Å²) < 4.78 is 5.43. The zero-order valence-electron chi connectivity index (χ0n) is 9.41. The molecule has 1 nitrogen and oxygen atoms in total. The maximum atomic E-state index is 6.21. The molecule has 0 aliphatic carbocycles. The SMILES string of the molecule is COc1cccc2ccc3c(Cl)cccc3c12. The number of benzene rings is 3. The van der Waals surface area contributed by atoms with Crippen molar-refractivity contribution in [3.8, 4) is 5.75 Å². The molecule has 84 valence electrons. The van der Waals surface area contributed by atoms with E-state index in [-0.39, 0.29) is 0 Å². The Balaban J connectivity index is 2.58. The minimum Gasteiger partial charge on any atom is -0.496 e. The third kappa shape index (κ3) is 1.55. The standard InChI is InChI=1S/C15H11ClO/c1-17-14-7-2-4-10-8-9-11-12(15(10)14)5-3-6-13(11)16/h2-9H,1H3. The van der Waals surface area contributed by atoms with Crippen LogP contribution < -0.4 is 4.74 Å². The van der Waals surface area contributed by atoms with Crippen LogP contribution in [0, 0.1) is 0 Å². The molecule has 3 rings (SSSR count). The highest BCUT2D eigenvalue weighted by Crippen LogP contribution is 2.35. The molecule has 0 aliphatic heterocycles. The van der Waals surface area contributed by atoms with Crippen LogP contribution in [0.4, 0.5) is 0 Å². The van der Waals surface area contributed by atoms with Gasteiger partial charge in [-0.3, -0.25) is 0 Å². The van der Waals surface area contributed by atoms with Crippen molar-refractivity contribution >= 4 is 33.1 Å². The second-order valence-corrected chi connectivity index (χ2v) is 4.37. The maximum absolute atomic E-state index is 6.21. The highest BCUT2D eigenvalue weighted by atomic mass is 35.5. The summed E-state index contributed by atoms with van der Waals surface area (Å²) in [6.45, 7) is 0. The summed E-state index contributed by atoms with van der Waals surface area (Å²) in [4.78, 5) is 0. The number of ether oxygens (including phenoxy) is 1. The highest BCUT2D eigenvalue weighted by Gasteiger charge is 2.07. The molecule has 3 aromatic carbocycles. The average Bonchev–Trinajstić information content (AvgIpc) is 2.38. The van der Waals surface area contributed by atoms with Crippen molar-refractivity contribution in [1.82, 2.24) is 0 Å². The van der Waals surface area contributed by atoms with Crippen molar-refractivity contribution in [3.05, 3.63) is 53.6 Å². The van der Waals surface area contributed by atoms with Crippen LogP contribution in [0.3, 0.4) is 0 Å². The van der Waals surface area contributed by atoms with Crippen molar-refractivity contribution in [2.75, 3.05) is 7.11 Å². The van der Waals surface area contributed by atoms with Crippen LogP contribution in [0.25, 0.3) is 21.5 Å². The summed E-state index contributed by atoms with van der Waals surface area (Å²) in [6.07, 6.45) is 0. The van der Waals surface area contributed by atoms with E-state index in [4.69, 9.17) is 16.3 Å². The molecule has 2 heteroatoms. The maximum Gasteiger partial charge on any atom is 0.127 e. The fraction of sp³-hybridized carbons (Fsp3) is 0.0667. The van der Waals surface area contributed by atoms with E-state index >= 15 is 0 Å². The summed E-state index contributed by atoms with van der Waals surface area (Å²) in [5.41, 5.74) is 0. The first kappa shape index (κ1) is 10.4. The van der Waals surface area contributed by atoms with Gasteiger partial charge in [0.05, 0.1) is 7.11 Å². The second-order valence-electron chi connectivity index (χ2n) is 3.96. The molecule has 3 aromatic rings. The van der Waals surface area contributed by atoms with E-state index in [1.54, 1.807) is 7.11 Å². The molecular formula is C15H11ClO. The lowest BCUT2D eigenvalue weighted by atomic mass is 10.0. The van der Waals surface area contributed by atoms with Crippen LogP contribution in [0.15, 0.2) is 48.5 Å². The summed E-state index contributed by atoms with van der Waals surface area (Å²) in [5.74, 6) is 0.885. The fourth-order valence-electron chi connectivity index (χ4n) is 2.24. The summed E-state index contributed by atoms with van der Waals surface area (Å²) in [5, 5.41) is 5.25. The predicted octanol–water partition coefficient (Wildman–Crippen LogP) is 4.66. The van der Waals surface area contributed by atoms with Gasteiger partial charge in [0, 0.05) is 15.8 Å². The molecule has 0 atom stereocenters. The molecular weight excluding hydrogens is 232 g/mol. The molecule has 0 aromatic heterocycles. The van der Waals surface area contributed by atoms with Gasteiger partial charge in [-0.25, -0.2) is 0 Å². The summed E-state index contributed by atoms with van der Waals surface area (Å²) in [7, 11) is 1.69. The minimum absolute atomic E-state index is 0.773. The molecule has 0 fully saturated rings. The van der Waals surface area contributed by atoms with Gasteiger partial charge in [0.25, 0.3) is 0 Å². The monoisotopic (exact) mass is 242 g/mol. The average molecular weight is 243 g/mol. The molecule has 0 saturated heterocycles. The van der Waals surface area contributed by atoms with Crippen LogP contribution in [-0.2, 0) is 0 Å². The third-order valence-corrected chi connectivity index (χ3v) is 3.36. The van der Waals surface area contributed by atoms with Gasteiger partial charge in [0.2, 0.25) is 0 Å². The van der Waals surface area contributed by atoms with Crippen molar-refractivity contribution in [3.63, 3.8) is 0 Å². The van der Waals surface area contributed by atoms with E-state index in [1.165, 1.54) is 5.39 Å². The Morgan fingerprint density at radius 3 is 2.53 bits per heavy atom. The Bertz CT molecular complexity index is 704. The fourth-order valence-corrected chi connectivity index (χ4v) is 2.48. The molecule has 17 heavy (non-hydrogen) atoms. The van der Waals surface area contributed by atoms with Crippen molar-refractivity contribution in [1.29, 1.82) is 0 Å². The normalized spacial score (nSPS) is 10.9. The van der Waals surface area contributed by atoms with Gasteiger partial charge in [-0.2, -0.15) is 0 Å². The van der Waals surface area contributed by atoms with Gasteiger partial charge < -0.3 is 4.74 Å². The highest BCUT2D eigenvalue weighted by molar-refractivity contribution is 6.36. The van der Waals surface area contributed by atoms with Crippen LogP contribution in [-0.4, -0.2) is 7.11 Å². The van der Waals surface area contributed by atoms with Gasteiger partial charge in [-0.1, -0.05) is 48.0 Å². The van der Waals surface area contributed by atoms with Crippen LogP contribution >= 0.6 is 11.6 Å². The largest absolute Gasteiger partial charge is 0.496 e. The van der Waals surface area contributed by atoms with E-state index in [0.29, 0.717) is 0 Å². The minimum atomic E-state index is 0.773. The molecule has 0 saturated carbocycles. The predicted molar refractivity (Wildman–Crippen MR) is 73.0 cm³/mol.